The average Bonchev–Trinajstić information content (AvgIpc) is 2.81. The van der Waals surface area contributed by atoms with Crippen LogP contribution >= 0.6 is 0 Å². The molecule has 0 aromatic heterocycles. The largest absolute Gasteiger partial charge is 0.491 e. The molecule has 0 radical (unpaired) electrons. The van der Waals surface area contributed by atoms with Crippen molar-refractivity contribution in [3.8, 4) is 5.75 Å². The Balaban J connectivity index is 1.64. The first-order chi connectivity index (χ1) is 15.6. The lowest BCUT2D eigenvalue weighted by Crippen LogP contribution is -2.48. The van der Waals surface area contributed by atoms with Gasteiger partial charge >= 0.3 is 0 Å². The van der Waals surface area contributed by atoms with Gasteiger partial charge in [0.2, 0.25) is 0 Å². The van der Waals surface area contributed by atoms with Gasteiger partial charge in [0.25, 0.3) is 0 Å². The molecule has 1 aliphatic heterocycles. The number of ether oxygens (including phenoxy) is 3. The molecule has 6 nitrogen and oxygen atoms in total. The Morgan fingerprint density at radius 3 is 2.53 bits per heavy atom. The molecule has 1 aliphatic rings. The minimum atomic E-state index is -0.219. The van der Waals surface area contributed by atoms with Gasteiger partial charge in [0.15, 0.2) is 5.96 Å². The summed E-state index contributed by atoms with van der Waals surface area (Å²) in [6.45, 7) is 5.74. The van der Waals surface area contributed by atoms with Crippen LogP contribution in [-0.4, -0.2) is 53.1 Å². The molecule has 1 heterocycles. The van der Waals surface area contributed by atoms with Gasteiger partial charge in [-0.15, -0.1) is 0 Å². The molecule has 1 fully saturated rings. The zero-order valence-corrected chi connectivity index (χ0v) is 19.2. The van der Waals surface area contributed by atoms with Crippen molar-refractivity contribution in [1.29, 1.82) is 0 Å². The Hall–Kier alpha value is -2.64. The molecule has 0 amide bonds. The Kier molecular flexibility index (Phi) is 8.88. The minimum Gasteiger partial charge on any atom is -0.491 e. The number of aryl methyl sites for hydroxylation is 1. The second-order valence-corrected chi connectivity index (χ2v) is 8.13. The number of hydrogen-bond acceptors (Lipinski definition) is 4. The van der Waals surface area contributed by atoms with E-state index >= 15 is 0 Å². The summed E-state index contributed by atoms with van der Waals surface area (Å²) >= 11 is 0. The monoisotopic (exact) mass is 443 g/mol. The summed E-state index contributed by atoms with van der Waals surface area (Å²) in [5.74, 6) is 1.33. The minimum absolute atomic E-state index is 0.123. The van der Waals surface area contributed by atoms with Gasteiger partial charge in [-0.1, -0.05) is 24.3 Å². The van der Waals surface area contributed by atoms with E-state index in [1.807, 2.05) is 25.1 Å². The van der Waals surface area contributed by atoms with Crippen LogP contribution in [0.5, 0.6) is 5.75 Å². The fourth-order valence-corrected chi connectivity index (χ4v) is 3.96. The van der Waals surface area contributed by atoms with Crippen molar-refractivity contribution in [1.82, 2.24) is 10.6 Å². The standard InChI is InChI=1S/C25H34FN3O3/c1-19-4-5-20(23(16-19)32-15-14-30-3)17-28-24(27-2)29-18-25(10-12-31-13-11-25)21-6-8-22(26)9-7-21/h4-9,16H,10-15,17-18H2,1-3H3,(H2,27,28,29). The van der Waals surface area contributed by atoms with Crippen LogP contribution < -0.4 is 15.4 Å². The summed E-state index contributed by atoms with van der Waals surface area (Å²) in [4.78, 5) is 4.39. The third-order valence-electron chi connectivity index (χ3n) is 5.94. The van der Waals surface area contributed by atoms with Crippen LogP contribution in [0.2, 0.25) is 0 Å². The van der Waals surface area contributed by atoms with Gasteiger partial charge in [-0.2, -0.15) is 0 Å². The number of hydrogen-bond donors (Lipinski definition) is 2. The zero-order valence-electron chi connectivity index (χ0n) is 19.2. The fraction of sp³-hybridized carbons (Fsp3) is 0.480. The molecule has 2 N–H and O–H groups in total. The summed E-state index contributed by atoms with van der Waals surface area (Å²) in [5.41, 5.74) is 3.19. The highest BCUT2D eigenvalue weighted by atomic mass is 19.1. The number of nitrogens with one attached hydrogen (secondary N) is 2. The SMILES string of the molecule is CN=C(NCc1ccc(C)cc1OCCOC)NCC1(c2ccc(F)cc2)CCOCC1. The smallest absolute Gasteiger partial charge is 0.191 e. The molecular weight excluding hydrogens is 409 g/mol. The summed E-state index contributed by atoms with van der Waals surface area (Å²) in [6, 6.07) is 13.0. The Bertz CT molecular complexity index is 881. The lowest BCUT2D eigenvalue weighted by Gasteiger charge is -2.38. The van der Waals surface area contributed by atoms with Gasteiger partial charge in [0.1, 0.15) is 18.2 Å². The molecule has 0 aliphatic carbocycles. The molecule has 2 aromatic rings. The number of nitrogens with zero attached hydrogens (tertiary/aromatic N) is 1. The predicted octanol–water partition coefficient (Wildman–Crippen LogP) is 3.57. The van der Waals surface area contributed by atoms with Crippen molar-refractivity contribution >= 4 is 5.96 Å². The van der Waals surface area contributed by atoms with Crippen LogP contribution in [0.15, 0.2) is 47.5 Å². The molecule has 0 spiro atoms. The lowest BCUT2D eigenvalue weighted by molar-refractivity contribution is 0.0513. The fourth-order valence-electron chi connectivity index (χ4n) is 3.96. The second kappa shape index (κ2) is 11.8. The molecule has 0 bridgehead atoms. The molecule has 0 unspecified atom stereocenters. The molecule has 3 rings (SSSR count). The van der Waals surface area contributed by atoms with Crippen LogP contribution in [0.4, 0.5) is 4.39 Å². The molecule has 0 atom stereocenters. The normalized spacial score (nSPS) is 15.9. The van der Waals surface area contributed by atoms with Crippen LogP contribution in [0.3, 0.4) is 0 Å². The Morgan fingerprint density at radius 1 is 1.09 bits per heavy atom. The average molecular weight is 444 g/mol. The molecule has 174 valence electrons. The first-order valence-corrected chi connectivity index (χ1v) is 11.1. The zero-order chi connectivity index (χ0) is 22.8. The summed E-state index contributed by atoms with van der Waals surface area (Å²) in [5, 5.41) is 6.86. The van der Waals surface area contributed by atoms with Crippen molar-refractivity contribution in [2.75, 3.05) is 47.1 Å². The van der Waals surface area contributed by atoms with E-state index in [0.29, 0.717) is 45.5 Å². The Morgan fingerprint density at radius 2 is 1.84 bits per heavy atom. The maximum absolute atomic E-state index is 13.5. The molecule has 1 saturated heterocycles. The predicted molar refractivity (Wildman–Crippen MR) is 125 cm³/mol. The third-order valence-corrected chi connectivity index (χ3v) is 5.94. The quantitative estimate of drug-likeness (QED) is 0.352. The third kappa shape index (κ3) is 6.43. The van der Waals surface area contributed by atoms with Crippen molar-refractivity contribution in [2.45, 2.75) is 31.7 Å². The highest BCUT2D eigenvalue weighted by Crippen LogP contribution is 2.34. The van der Waals surface area contributed by atoms with E-state index in [4.69, 9.17) is 14.2 Å². The second-order valence-electron chi connectivity index (χ2n) is 8.13. The molecule has 32 heavy (non-hydrogen) atoms. The first-order valence-electron chi connectivity index (χ1n) is 11.1. The maximum Gasteiger partial charge on any atom is 0.191 e. The molecular formula is C25H34FN3O3. The first kappa shape index (κ1) is 24.0. The highest BCUT2D eigenvalue weighted by molar-refractivity contribution is 5.79. The van der Waals surface area contributed by atoms with Crippen LogP contribution in [0, 0.1) is 12.7 Å². The maximum atomic E-state index is 13.5. The van der Waals surface area contributed by atoms with E-state index in [1.165, 1.54) is 12.1 Å². The van der Waals surface area contributed by atoms with E-state index in [9.17, 15) is 4.39 Å². The van der Waals surface area contributed by atoms with Crippen molar-refractivity contribution in [2.24, 2.45) is 4.99 Å². The van der Waals surface area contributed by atoms with Gasteiger partial charge in [0, 0.05) is 51.4 Å². The Labute approximate surface area is 190 Å². The number of rotatable bonds is 9. The van der Waals surface area contributed by atoms with Gasteiger partial charge in [-0.05, 0) is 49.1 Å². The summed E-state index contributed by atoms with van der Waals surface area (Å²) in [6.07, 6.45) is 1.75. The van der Waals surface area contributed by atoms with E-state index in [1.54, 1.807) is 14.2 Å². The van der Waals surface area contributed by atoms with Crippen molar-refractivity contribution < 1.29 is 18.6 Å². The number of methoxy groups -OCH3 is 1. The molecule has 0 saturated carbocycles. The van der Waals surface area contributed by atoms with E-state index in [-0.39, 0.29) is 11.2 Å². The summed E-state index contributed by atoms with van der Waals surface area (Å²) in [7, 11) is 3.42. The topological polar surface area (TPSA) is 64.1 Å². The van der Waals surface area contributed by atoms with Crippen molar-refractivity contribution in [3.63, 3.8) is 0 Å². The number of halogens is 1. The lowest BCUT2D eigenvalue weighted by atomic mass is 9.74. The van der Waals surface area contributed by atoms with Crippen LogP contribution in [0.25, 0.3) is 0 Å². The molecule has 2 aromatic carbocycles. The summed E-state index contributed by atoms with van der Waals surface area (Å²) < 4.78 is 30.1. The van der Waals surface area contributed by atoms with Gasteiger partial charge in [-0.3, -0.25) is 4.99 Å². The number of aliphatic imine (C=N–C) groups is 1. The molecule has 7 heteroatoms. The van der Waals surface area contributed by atoms with Crippen LogP contribution in [0.1, 0.15) is 29.5 Å². The van der Waals surface area contributed by atoms with E-state index in [0.717, 1.165) is 35.3 Å². The van der Waals surface area contributed by atoms with Crippen molar-refractivity contribution in [3.05, 3.63) is 65.0 Å². The van der Waals surface area contributed by atoms with Gasteiger partial charge in [-0.25, -0.2) is 4.39 Å². The van der Waals surface area contributed by atoms with Gasteiger partial charge in [0.05, 0.1) is 6.61 Å². The van der Waals surface area contributed by atoms with E-state index in [2.05, 4.69) is 27.8 Å². The van der Waals surface area contributed by atoms with Gasteiger partial charge < -0.3 is 24.8 Å². The number of guanidine groups is 1. The number of benzene rings is 2. The van der Waals surface area contributed by atoms with Crippen LogP contribution in [-0.2, 0) is 21.4 Å². The van der Waals surface area contributed by atoms with E-state index < -0.39 is 0 Å². The highest BCUT2D eigenvalue weighted by Gasteiger charge is 2.34.